The van der Waals surface area contributed by atoms with Gasteiger partial charge in [-0.05, 0) is 59.6 Å². The minimum Gasteiger partial charge on any atom is -0.489 e. The van der Waals surface area contributed by atoms with Crippen LogP contribution in [-0.4, -0.2) is 20.6 Å². The van der Waals surface area contributed by atoms with E-state index in [0.29, 0.717) is 30.0 Å². The topological polar surface area (TPSA) is 99.3 Å². The third kappa shape index (κ3) is 5.04. The molecule has 1 amide bonds. The van der Waals surface area contributed by atoms with E-state index in [1.54, 1.807) is 43.5 Å². The SMILES string of the molecule is CCn1ncc(Br)c1CNC(=O)c1cccc(COc2ccc([N+](=O)[O-])c(C)c2)c1. The second kappa shape index (κ2) is 9.53. The highest BCUT2D eigenvalue weighted by Crippen LogP contribution is 2.24. The molecule has 0 spiro atoms. The maximum absolute atomic E-state index is 12.6. The molecule has 0 aliphatic heterocycles. The first-order chi connectivity index (χ1) is 14.4. The average molecular weight is 473 g/mol. The minimum atomic E-state index is -0.423. The lowest BCUT2D eigenvalue weighted by Crippen LogP contribution is -2.24. The van der Waals surface area contributed by atoms with Crippen molar-refractivity contribution >= 4 is 27.5 Å². The molecule has 1 heterocycles. The van der Waals surface area contributed by atoms with Gasteiger partial charge >= 0.3 is 0 Å². The number of carbonyl (C=O) groups excluding carboxylic acids is 1. The summed E-state index contributed by atoms with van der Waals surface area (Å²) in [6, 6.07) is 11.8. The number of nitro groups is 1. The van der Waals surface area contributed by atoms with Gasteiger partial charge in [-0.25, -0.2) is 0 Å². The predicted molar refractivity (Wildman–Crippen MR) is 115 cm³/mol. The van der Waals surface area contributed by atoms with Gasteiger partial charge < -0.3 is 10.1 Å². The van der Waals surface area contributed by atoms with E-state index in [2.05, 4.69) is 26.3 Å². The number of nitro benzene ring substituents is 1. The van der Waals surface area contributed by atoms with Crippen molar-refractivity contribution in [2.45, 2.75) is 33.5 Å². The van der Waals surface area contributed by atoms with Crippen LogP contribution in [0.4, 0.5) is 5.69 Å². The second-order valence-electron chi connectivity index (χ2n) is 6.63. The summed E-state index contributed by atoms with van der Waals surface area (Å²) in [5, 5.41) is 18.1. The number of halogens is 1. The molecule has 0 saturated carbocycles. The summed E-state index contributed by atoms with van der Waals surface area (Å²) >= 11 is 3.45. The molecule has 3 aromatic rings. The maximum atomic E-state index is 12.6. The maximum Gasteiger partial charge on any atom is 0.272 e. The fourth-order valence-corrected chi connectivity index (χ4v) is 3.43. The van der Waals surface area contributed by atoms with Crippen LogP contribution in [-0.2, 0) is 19.7 Å². The Kier molecular flexibility index (Phi) is 6.83. The number of aromatic nitrogens is 2. The molecule has 30 heavy (non-hydrogen) atoms. The molecule has 0 aliphatic carbocycles. The second-order valence-corrected chi connectivity index (χ2v) is 7.49. The highest BCUT2D eigenvalue weighted by atomic mass is 79.9. The van der Waals surface area contributed by atoms with Gasteiger partial charge in [-0.3, -0.25) is 19.6 Å². The molecule has 0 aliphatic rings. The van der Waals surface area contributed by atoms with Gasteiger partial charge in [-0.1, -0.05) is 12.1 Å². The molecule has 1 aromatic heterocycles. The van der Waals surface area contributed by atoms with Crippen LogP contribution >= 0.6 is 15.9 Å². The number of hydrogen-bond acceptors (Lipinski definition) is 5. The van der Waals surface area contributed by atoms with Crippen LogP contribution < -0.4 is 10.1 Å². The smallest absolute Gasteiger partial charge is 0.272 e. The third-order valence-electron chi connectivity index (χ3n) is 4.57. The molecule has 0 bridgehead atoms. The molecule has 156 valence electrons. The predicted octanol–water partition coefficient (Wildman–Crippen LogP) is 4.39. The van der Waals surface area contributed by atoms with Gasteiger partial charge in [0.05, 0.1) is 27.8 Å². The average Bonchev–Trinajstić information content (AvgIpc) is 3.10. The highest BCUT2D eigenvalue weighted by Gasteiger charge is 2.13. The van der Waals surface area contributed by atoms with E-state index in [4.69, 9.17) is 4.74 Å². The molecule has 1 N–H and O–H groups in total. The Hall–Kier alpha value is -3.20. The Morgan fingerprint density at radius 1 is 1.30 bits per heavy atom. The fraction of sp³-hybridized carbons (Fsp3) is 0.238. The third-order valence-corrected chi connectivity index (χ3v) is 5.24. The molecule has 0 saturated heterocycles. The van der Waals surface area contributed by atoms with Crippen molar-refractivity contribution in [3.63, 3.8) is 0 Å². The zero-order chi connectivity index (χ0) is 21.7. The van der Waals surface area contributed by atoms with Crippen molar-refractivity contribution in [2.24, 2.45) is 0 Å². The Morgan fingerprint density at radius 3 is 2.80 bits per heavy atom. The van der Waals surface area contributed by atoms with Crippen LogP contribution in [0.25, 0.3) is 0 Å². The van der Waals surface area contributed by atoms with Gasteiger partial charge in [-0.15, -0.1) is 0 Å². The number of carbonyl (C=O) groups is 1. The zero-order valence-electron chi connectivity index (χ0n) is 16.6. The summed E-state index contributed by atoms with van der Waals surface area (Å²) in [4.78, 5) is 23.1. The zero-order valence-corrected chi connectivity index (χ0v) is 18.2. The largest absolute Gasteiger partial charge is 0.489 e. The number of amides is 1. The number of aryl methyl sites for hydroxylation is 2. The minimum absolute atomic E-state index is 0.0528. The summed E-state index contributed by atoms with van der Waals surface area (Å²) in [6.07, 6.45) is 1.71. The molecular formula is C21H21BrN4O4. The molecule has 2 aromatic carbocycles. The van der Waals surface area contributed by atoms with Gasteiger partial charge in [0.15, 0.2) is 0 Å². The summed E-state index contributed by atoms with van der Waals surface area (Å²) < 4.78 is 8.41. The van der Waals surface area contributed by atoms with Gasteiger partial charge in [0.1, 0.15) is 12.4 Å². The molecule has 0 atom stereocenters. The van der Waals surface area contributed by atoms with Crippen molar-refractivity contribution in [2.75, 3.05) is 0 Å². The highest BCUT2D eigenvalue weighted by molar-refractivity contribution is 9.10. The van der Waals surface area contributed by atoms with E-state index in [0.717, 1.165) is 15.7 Å². The van der Waals surface area contributed by atoms with Crippen molar-refractivity contribution < 1.29 is 14.5 Å². The Balaban J connectivity index is 1.63. The van der Waals surface area contributed by atoms with Crippen LogP contribution in [0.1, 0.15) is 34.1 Å². The first-order valence-electron chi connectivity index (χ1n) is 9.34. The van der Waals surface area contributed by atoms with Crippen LogP contribution in [0, 0.1) is 17.0 Å². The van der Waals surface area contributed by atoms with Crippen LogP contribution in [0.2, 0.25) is 0 Å². The van der Waals surface area contributed by atoms with Crippen LogP contribution in [0.15, 0.2) is 53.1 Å². The number of hydrogen-bond donors (Lipinski definition) is 1. The summed E-state index contributed by atoms with van der Waals surface area (Å²) in [7, 11) is 0. The molecule has 0 unspecified atom stereocenters. The monoisotopic (exact) mass is 472 g/mol. The van der Waals surface area contributed by atoms with Crippen molar-refractivity contribution in [1.82, 2.24) is 15.1 Å². The normalized spacial score (nSPS) is 10.6. The Labute approximate surface area is 182 Å². The Morgan fingerprint density at radius 2 is 2.10 bits per heavy atom. The molecule has 0 radical (unpaired) electrons. The van der Waals surface area contributed by atoms with E-state index in [9.17, 15) is 14.9 Å². The van der Waals surface area contributed by atoms with E-state index in [1.165, 1.54) is 6.07 Å². The standard InChI is InChI=1S/C21H21BrN4O4/c1-3-25-20(18(22)11-24-25)12-23-21(27)16-6-4-5-15(10-16)13-30-17-7-8-19(26(28)29)14(2)9-17/h4-11H,3,12-13H2,1-2H3,(H,23,27). The first-order valence-corrected chi connectivity index (χ1v) is 10.1. The van der Waals surface area contributed by atoms with Gasteiger partial charge in [0.25, 0.3) is 11.6 Å². The molecular weight excluding hydrogens is 452 g/mol. The molecule has 8 nitrogen and oxygen atoms in total. The fourth-order valence-electron chi connectivity index (χ4n) is 2.99. The number of benzene rings is 2. The Bertz CT molecular complexity index is 1080. The van der Waals surface area contributed by atoms with Crippen LogP contribution in [0.5, 0.6) is 5.75 Å². The summed E-state index contributed by atoms with van der Waals surface area (Å²) in [6.45, 7) is 4.97. The van der Waals surface area contributed by atoms with E-state index >= 15 is 0 Å². The van der Waals surface area contributed by atoms with E-state index < -0.39 is 4.92 Å². The lowest BCUT2D eigenvalue weighted by atomic mass is 10.1. The molecule has 3 rings (SSSR count). The lowest BCUT2D eigenvalue weighted by molar-refractivity contribution is -0.385. The number of rotatable bonds is 8. The lowest BCUT2D eigenvalue weighted by Gasteiger charge is -2.10. The van der Waals surface area contributed by atoms with Crippen LogP contribution in [0.3, 0.4) is 0 Å². The van der Waals surface area contributed by atoms with Crippen molar-refractivity contribution in [3.05, 3.63) is 85.6 Å². The summed E-state index contributed by atoms with van der Waals surface area (Å²) in [5.41, 5.74) is 2.83. The van der Waals surface area contributed by atoms with Gasteiger partial charge in [-0.2, -0.15) is 5.10 Å². The van der Waals surface area contributed by atoms with E-state index in [1.807, 2.05) is 17.7 Å². The first kappa shape index (κ1) is 21.5. The van der Waals surface area contributed by atoms with Crippen molar-refractivity contribution in [1.29, 1.82) is 0 Å². The summed E-state index contributed by atoms with van der Waals surface area (Å²) in [5.74, 6) is 0.337. The number of ether oxygens (including phenoxy) is 1. The number of nitrogens with zero attached hydrogens (tertiary/aromatic N) is 3. The molecule has 0 fully saturated rings. The number of nitrogens with one attached hydrogen (secondary N) is 1. The van der Waals surface area contributed by atoms with E-state index in [-0.39, 0.29) is 18.2 Å². The molecule has 9 heteroatoms. The van der Waals surface area contributed by atoms with Gasteiger partial charge in [0, 0.05) is 23.7 Å². The van der Waals surface area contributed by atoms with Crippen molar-refractivity contribution in [3.8, 4) is 5.75 Å². The quantitative estimate of drug-likeness (QED) is 0.387. The van der Waals surface area contributed by atoms with Gasteiger partial charge in [0.2, 0.25) is 0 Å².